The van der Waals surface area contributed by atoms with Crippen LogP contribution < -0.4 is 15.7 Å². The van der Waals surface area contributed by atoms with Crippen molar-refractivity contribution in [1.29, 1.82) is 0 Å². The molecule has 3 heteroatoms. The molecule has 3 rings (SSSR count). The van der Waals surface area contributed by atoms with E-state index in [1.807, 2.05) is 78.9 Å². The third-order valence-electron chi connectivity index (χ3n) is 4.10. The minimum atomic E-state index is -2.96. The standard InChI is InChI=1S/C21H22NOP/c1-17(2)20-15-9-10-16-21(20)22-24(23,18-11-5-3-6-12-18)19-13-7-4-8-14-19/h3-17H,1-2H3,(H,22,23). The Morgan fingerprint density at radius 2 is 1.17 bits per heavy atom. The second-order valence-electron chi connectivity index (χ2n) is 6.13. The zero-order valence-electron chi connectivity index (χ0n) is 14.0. The molecule has 3 aromatic rings. The van der Waals surface area contributed by atoms with Gasteiger partial charge in [0.2, 0.25) is 7.29 Å². The Morgan fingerprint density at radius 1 is 0.708 bits per heavy atom. The van der Waals surface area contributed by atoms with Gasteiger partial charge in [0.15, 0.2) is 0 Å². The minimum Gasteiger partial charge on any atom is -0.329 e. The Balaban J connectivity index is 2.13. The summed E-state index contributed by atoms with van der Waals surface area (Å²) in [5.74, 6) is 0.355. The zero-order valence-corrected chi connectivity index (χ0v) is 14.9. The second kappa shape index (κ2) is 7.07. The molecular weight excluding hydrogens is 313 g/mol. The van der Waals surface area contributed by atoms with Crippen LogP contribution in [0.1, 0.15) is 25.3 Å². The number of hydrogen-bond acceptors (Lipinski definition) is 1. The summed E-state index contributed by atoms with van der Waals surface area (Å²) in [7, 11) is -2.96. The lowest BCUT2D eigenvalue weighted by Crippen LogP contribution is -2.22. The van der Waals surface area contributed by atoms with Crippen LogP contribution in [-0.4, -0.2) is 0 Å². The number of rotatable bonds is 5. The number of anilines is 1. The largest absolute Gasteiger partial charge is 0.329 e. The molecule has 0 aliphatic rings. The van der Waals surface area contributed by atoms with E-state index < -0.39 is 7.29 Å². The lowest BCUT2D eigenvalue weighted by Gasteiger charge is -2.24. The first kappa shape index (κ1) is 16.5. The molecule has 122 valence electrons. The van der Waals surface area contributed by atoms with E-state index in [2.05, 4.69) is 25.0 Å². The fraction of sp³-hybridized carbons (Fsp3) is 0.143. The first-order chi connectivity index (χ1) is 11.6. The van der Waals surface area contributed by atoms with Gasteiger partial charge in [-0.1, -0.05) is 68.4 Å². The lowest BCUT2D eigenvalue weighted by molar-refractivity contribution is 0.590. The van der Waals surface area contributed by atoms with Crippen LogP contribution in [0.4, 0.5) is 5.69 Å². The molecule has 0 radical (unpaired) electrons. The zero-order chi connectivity index (χ0) is 17.0. The molecule has 2 nitrogen and oxygen atoms in total. The van der Waals surface area contributed by atoms with Gasteiger partial charge in [0.25, 0.3) is 0 Å². The van der Waals surface area contributed by atoms with Gasteiger partial charge < -0.3 is 5.09 Å². The van der Waals surface area contributed by atoms with Gasteiger partial charge in [-0.25, -0.2) is 0 Å². The van der Waals surface area contributed by atoms with Gasteiger partial charge >= 0.3 is 0 Å². The molecule has 0 aliphatic heterocycles. The van der Waals surface area contributed by atoms with Crippen molar-refractivity contribution in [2.45, 2.75) is 19.8 Å². The fourth-order valence-electron chi connectivity index (χ4n) is 2.83. The summed E-state index contributed by atoms with van der Waals surface area (Å²) < 4.78 is 14.0. The Bertz CT molecular complexity index is 800. The molecule has 0 amide bonds. The van der Waals surface area contributed by atoms with Crippen molar-refractivity contribution in [2.75, 3.05) is 5.09 Å². The van der Waals surface area contributed by atoms with E-state index in [1.165, 1.54) is 5.56 Å². The summed E-state index contributed by atoms with van der Waals surface area (Å²) in [6.45, 7) is 4.30. The molecule has 24 heavy (non-hydrogen) atoms. The summed E-state index contributed by atoms with van der Waals surface area (Å²) >= 11 is 0. The highest BCUT2D eigenvalue weighted by molar-refractivity contribution is 7.80. The highest BCUT2D eigenvalue weighted by atomic mass is 31.2. The Morgan fingerprint density at radius 3 is 1.67 bits per heavy atom. The van der Waals surface area contributed by atoms with Crippen LogP contribution in [0.25, 0.3) is 0 Å². The van der Waals surface area contributed by atoms with E-state index in [1.54, 1.807) is 0 Å². The lowest BCUT2D eigenvalue weighted by atomic mass is 10.0. The van der Waals surface area contributed by atoms with Gasteiger partial charge in [0, 0.05) is 16.3 Å². The molecule has 0 saturated carbocycles. The smallest absolute Gasteiger partial charge is 0.227 e. The highest BCUT2D eigenvalue weighted by Gasteiger charge is 2.28. The molecule has 0 spiro atoms. The predicted molar refractivity (Wildman–Crippen MR) is 104 cm³/mol. The molecule has 0 unspecified atom stereocenters. The normalized spacial score (nSPS) is 11.5. The molecule has 0 fully saturated rings. The van der Waals surface area contributed by atoms with Gasteiger partial charge in [0.1, 0.15) is 0 Å². The summed E-state index contributed by atoms with van der Waals surface area (Å²) in [6, 6.07) is 27.4. The number of benzene rings is 3. The van der Waals surface area contributed by atoms with Crippen molar-refractivity contribution in [3.63, 3.8) is 0 Å². The molecular formula is C21H22NOP. The minimum absolute atomic E-state index is 0.355. The van der Waals surface area contributed by atoms with E-state index in [4.69, 9.17) is 0 Å². The highest BCUT2D eigenvalue weighted by Crippen LogP contribution is 2.44. The second-order valence-corrected chi connectivity index (χ2v) is 8.61. The maximum absolute atomic E-state index is 14.0. The van der Waals surface area contributed by atoms with Crippen LogP contribution in [0.2, 0.25) is 0 Å². The quantitative estimate of drug-likeness (QED) is 0.653. The van der Waals surface area contributed by atoms with Crippen molar-refractivity contribution in [3.8, 4) is 0 Å². The van der Waals surface area contributed by atoms with Crippen molar-refractivity contribution in [1.82, 2.24) is 0 Å². The summed E-state index contributed by atoms with van der Waals surface area (Å²) in [5, 5.41) is 5.02. The van der Waals surface area contributed by atoms with Crippen molar-refractivity contribution >= 4 is 23.6 Å². The van der Waals surface area contributed by atoms with E-state index >= 15 is 0 Å². The van der Waals surface area contributed by atoms with Gasteiger partial charge in [-0.3, -0.25) is 4.57 Å². The topological polar surface area (TPSA) is 29.1 Å². The van der Waals surface area contributed by atoms with Gasteiger partial charge in [-0.05, 0) is 41.8 Å². The molecule has 1 N–H and O–H groups in total. The van der Waals surface area contributed by atoms with E-state index in [9.17, 15) is 4.57 Å². The molecule has 3 aromatic carbocycles. The fourth-order valence-corrected chi connectivity index (χ4v) is 5.11. The van der Waals surface area contributed by atoms with Gasteiger partial charge in [-0.15, -0.1) is 0 Å². The maximum atomic E-state index is 14.0. The van der Waals surface area contributed by atoms with Crippen molar-refractivity contribution in [2.24, 2.45) is 0 Å². The van der Waals surface area contributed by atoms with E-state index in [0.29, 0.717) is 5.92 Å². The predicted octanol–water partition coefficient (Wildman–Crippen LogP) is 5.15. The molecule has 0 bridgehead atoms. The molecule has 0 aromatic heterocycles. The third kappa shape index (κ3) is 3.29. The van der Waals surface area contributed by atoms with Crippen molar-refractivity contribution < 1.29 is 4.57 Å². The first-order valence-electron chi connectivity index (χ1n) is 8.20. The number of para-hydroxylation sites is 1. The average Bonchev–Trinajstić information content (AvgIpc) is 2.63. The van der Waals surface area contributed by atoms with E-state index in [0.717, 1.165) is 16.3 Å². The molecule has 0 aliphatic carbocycles. The summed E-state index contributed by atoms with van der Waals surface area (Å²) in [4.78, 5) is 0. The number of nitrogens with one attached hydrogen (secondary N) is 1. The van der Waals surface area contributed by atoms with E-state index in [-0.39, 0.29) is 0 Å². The third-order valence-corrected chi connectivity index (χ3v) is 6.71. The van der Waals surface area contributed by atoms with Crippen LogP contribution in [0.15, 0.2) is 84.9 Å². The van der Waals surface area contributed by atoms with Crippen molar-refractivity contribution in [3.05, 3.63) is 90.5 Å². The van der Waals surface area contributed by atoms with Crippen LogP contribution >= 0.6 is 7.29 Å². The molecule has 0 heterocycles. The Kier molecular flexibility index (Phi) is 4.87. The maximum Gasteiger partial charge on any atom is 0.227 e. The SMILES string of the molecule is CC(C)c1ccccc1NP(=O)(c1ccccc1)c1ccccc1. The molecule has 0 saturated heterocycles. The Labute approximate surface area is 144 Å². The average molecular weight is 335 g/mol. The number of hydrogen-bond donors (Lipinski definition) is 1. The van der Waals surface area contributed by atoms with Crippen LogP contribution in [0.3, 0.4) is 0 Å². The molecule has 0 atom stereocenters. The van der Waals surface area contributed by atoms with Crippen LogP contribution in [-0.2, 0) is 4.57 Å². The summed E-state index contributed by atoms with van der Waals surface area (Å²) in [6.07, 6.45) is 0. The first-order valence-corrected chi connectivity index (χ1v) is 9.90. The summed E-state index contributed by atoms with van der Waals surface area (Å²) in [5.41, 5.74) is 2.10. The monoisotopic (exact) mass is 335 g/mol. The van der Waals surface area contributed by atoms with Crippen LogP contribution in [0, 0.1) is 0 Å². The van der Waals surface area contributed by atoms with Gasteiger partial charge in [-0.2, -0.15) is 0 Å². The Hall–Kier alpha value is -2.31. The van der Waals surface area contributed by atoms with Gasteiger partial charge in [0.05, 0.1) is 0 Å². The van der Waals surface area contributed by atoms with Crippen LogP contribution in [0.5, 0.6) is 0 Å².